The summed E-state index contributed by atoms with van der Waals surface area (Å²) in [4.78, 5) is 31.3. The first kappa shape index (κ1) is 16.6. The average molecular weight is 363 g/mol. The molecule has 4 aromatic rings. The molecule has 1 aromatic heterocycles. The predicted molar refractivity (Wildman–Crippen MR) is 110 cm³/mol. The summed E-state index contributed by atoms with van der Waals surface area (Å²) in [6, 6.07) is 21.0. The van der Waals surface area contributed by atoms with Gasteiger partial charge in [0.2, 0.25) is 5.78 Å². The molecule has 3 aromatic carbocycles. The standard InChI is InChI=1S/C25H17NO2/c1-14-7-10-16(11-8-14)21-19-13-15(2)9-12-20(19)26-23-22(21)24(27)17-5-3-4-6-18(17)25(23)28/h3-13H,1-2H3. The van der Waals surface area contributed by atoms with E-state index in [0.29, 0.717) is 16.7 Å². The largest absolute Gasteiger partial charge is 0.288 e. The van der Waals surface area contributed by atoms with Crippen LogP contribution in [0.5, 0.6) is 0 Å². The van der Waals surface area contributed by atoms with Gasteiger partial charge in [-0.15, -0.1) is 0 Å². The molecule has 1 heterocycles. The van der Waals surface area contributed by atoms with Crippen molar-refractivity contribution in [2.45, 2.75) is 13.8 Å². The number of carbonyl (C=O) groups is 2. The zero-order valence-corrected chi connectivity index (χ0v) is 15.6. The van der Waals surface area contributed by atoms with E-state index in [1.54, 1.807) is 24.3 Å². The number of rotatable bonds is 1. The van der Waals surface area contributed by atoms with Crippen molar-refractivity contribution in [1.29, 1.82) is 0 Å². The summed E-state index contributed by atoms with van der Waals surface area (Å²) < 4.78 is 0. The average Bonchev–Trinajstić information content (AvgIpc) is 2.71. The number of hydrogen-bond acceptors (Lipinski definition) is 3. The molecule has 0 atom stereocenters. The van der Waals surface area contributed by atoms with Gasteiger partial charge in [-0.2, -0.15) is 0 Å². The molecule has 0 N–H and O–H groups in total. The number of fused-ring (bicyclic) bond motifs is 3. The molecular weight excluding hydrogens is 346 g/mol. The summed E-state index contributed by atoms with van der Waals surface area (Å²) in [5.41, 5.74) is 6.17. The second-order valence-corrected chi connectivity index (χ2v) is 7.30. The smallest absolute Gasteiger partial charge is 0.212 e. The molecular formula is C25H17NO2. The van der Waals surface area contributed by atoms with Gasteiger partial charge in [-0.1, -0.05) is 65.7 Å². The third-order valence-corrected chi connectivity index (χ3v) is 5.34. The highest BCUT2D eigenvalue weighted by atomic mass is 16.1. The molecule has 3 heteroatoms. The molecule has 0 bridgehead atoms. The van der Waals surface area contributed by atoms with Crippen molar-refractivity contribution in [2.75, 3.05) is 0 Å². The maximum Gasteiger partial charge on any atom is 0.212 e. The van der Waals surface area contributed by atoms with Crippen LogP contribution in [0.2, 0.25) is 0 Å². The van der Waals surface area contributed by atoms with Crippen LogP contribution in [0.15, 0.2) is 66.7 Å². The summed E-state index contributed by atoms with van der Waals surface area (Å²) in [5.74, 6) is -0.335. The minimum Gasteiger partial charge on any atom is -0.288 e. The van der Waals surface area contributed by atoms with E-state index in [2.05, 4.69) is 4.98 Å². The molecule has 0 aliphatic heterocycles. The van der Waals surface area contributed by atoms with E-state index in [0.717, 1.165) is 33.2 Å². The van der Waals surface area contributed by atoms with Crippen molar-refractivity contribution in [1.82, 2.24) is 4.98 Å². The van der Waals surface area contributed by atoms with Crippen molar-refractivity contribution < 1.29 is 9.59 Å². The molecule has 134 valence electrons. The molecule has 0 fully saturated rings. The number of aromatic nitrogens is 1. The Morgan fingerprint density at radius 1 is 0.679 bits per heavy atom. The Labute approximate surface area is 162 Å². The predicted octanol–water partition coefficient (Wildman–Crippen LogP) is 5.29. The number of benzene rings is 3. The first-order valence-electron chi connectivity index (χ1n) is 9.24. The van der Waals surface area contributed by atoms with Crippen molar-refractivity contribution in [2.24, 2.45) is 0 Å². The Hall–Kier alpha value is -3.59. The van der Waals surface area contributed by atoms with Crippen LogP contribution in [-0.2, 0) is 0 Å². The van der Waals surface area contributed by atoms with Crippen LogP contribution < -0.4 is 0 Å². The van der Waals surface area contributed by atoms with E-state index in [4.69, 9.17) is 0 Å². The Balaban J connectivity index is 1.94. The molecule has 1 aliphatic carbocycles. The lowest BCUT2D eigenvalue weighted by molar-refractivity contribution is 0.0976. The fraction of sp³-hybridized carbons (Fsp3) is 0.0800. The lowest BCUT2D eigenvalue weighted by atomic mass is 9.81. The number of carbonyl (C=O) groups excluding carboxylic acids is 2. The van der Waals surface area contributed by atoms with Crippen molar-refractivity contribution >= 4 is 22.5 Å². The van der Waals surface area contributed by atoms with Gasteiger partial charge in [-0.3, -0.25) is 9.59 Å². The molecule has 0 amide bonds. The number of nitrogens with zero attached hydrogens (tertiary/aromatic N) is 1. The van der Waals surface area contributed by atoms with Crippen LogP contribution >= 0.6 is 0 Å². The third-order valence-electron chi connectivity index (χ3n) is 5.34. The minimum atomic E-state index is -0.193. The fourth-order valence-corrected chi connectivity index (χ4v) is 3.92. The van der Waals surface area contributed by atoms with Gasteiger partial charge in [0.1, 0.15) is 5.69 Å². The van der Waals surface area contributed by atoms with Crippen molar-refractivity contribution in [3.8, 4) is 11.1 Å². The molecule has 3 nitrogen and oxygen atoms in total. The van der Waals surface area contributed by atoms with Gasteiger partial charge in [0.15, 0.2) is 5.78 Å². The quantitative estimate of drug-likeness (QED) is 0.406. The van der Waals surface area contributed by atoms with Crippen LogP contribution in [0.4, 0.5) is 0 Å². The van der Waals surface area contributed by atoms with Gasteiger partial charge < -0.3 is 0 Å². The second kappa shape index (κ2) is 5.96. The van der Waals surface area contributed by atoms with Crippen molar-refractivity contribution in [3.05, 3.63) is 100 Å². The zero-order chi connectivity index (χ0) is 19.4. The Kier molecular flexibility index (Phi) is 3.53. The van der Waals surface area contributed by atoms with Gasteiger partial charge in [0, 0.05) is 22.1 Å². The molecule has 1 aliphatic rings. The van der Waals surface area contributed by atoms with E-state index in [-0.39, 0.29) is 17.3 Å². The summed E-state index contributed by atoms with van der Waals surface area (Å²) in [6.45, 7) is 4.04. The highest BCUT2D eigenvalue weighted by Gasteiger charge is 2.34. The van der Waals surface area contributed by atoms with Crippen molar-refractivity contribution in [3.63, 3.8) is 0 Å². The fourth-order valence-electron chi connectivity index (χ4n) is 3.92. The maximum absolute atomic E-state index is 13.5. The van der Waals surface area contributed by atoms with Crippen LogP contribution in [-0.4, -0.2) is 16.6 Å². The molecule has 0 saturated carbocycles. The van der Waals surface area contributed by atoms with E-state index < -0.39 is 0 Å². The van der Waals surface area contributed by atoms with Crippen LogP contribution in [0.3, 0.4) is 0 Å². The molecule has 28 heavy (non-hydrogen) atoms. The first-order chi connectivity index (χ1) is 13.5. The lowest BCUT2D eigenvalue weighted by Crippen LogP contribution is -2.23. The number of aryl methyl sites for hydroxylation is 2. The number of pyridine rings is 1. The second-order valence-electron chi connectivity index (χ2n) is 7.30. The summed E-state index contributed by atoms with van der Waals surface area (Å²) in [6.07, 6.45) is 0. The van der Waals surface area contributed by atoms with Crippen LogP contribution in [0, 0.1) is 13.8 Å². The highest BCUT2D eigenvalue weighted by molar-refractivity contribution is 6.31. The van der Waals surface area contributed by atoms with Gasteiger partial charge in [0.05, 0.1) is 11.1 Å². The molecule has 0 saturated heterocycles. The number of ketones is 2. The van der Waals surface area contributed by atoms with Gasteiger partial charge in [-0.05, 0) is 31.5 Å². The molecule has 0 spiro atoms. The monoisotopic (exact) mass is 363 g/mol. The van der Waals surface area contributed by atoms with E-state index in [9.17, 15) is 9.59 Å². The molecule has 0 unspecified atom stereocenters. The summed E-state index contributed by atoms with van der Waals surface area (Å²) in [5, 5.41) is 0.892. The SMILES string of the molecule is Cc1ccc(-c2c3c(nc4ccc(C)cc24)C(=O)c2ccccc2C3=O)cc1. The third kappa shape index (κ3) is 2.33. The highest BCUT2D eigenvalue weighted by Crippen LogP contribution is 2.38. The number of hydrogen-bond donors (Lipinski definition) is 0. The topological polar surface area (TPSA) is 47.0 Å². The van der Waals surface area contributed by atoms with Gasteiger partial charge >= 0.3 is 0 Å². The van der Waals surface area contributed by atoms with Gasteiger partial charge in [0.25, 0.3) is 0 Å². The first-order valence-corrected chi connectivity index (χ1v) is 9.24. The van der Waals surface area contributed by atoms with E-state index >= 15 is 0 Å². The molecule has 0 radical (unpaired) electrons. The molecule has 5 rings (SSSR count). The van der Waals surface area contributed by atoms with E-state index in [1.807, 2.05) is 56.3 Å². The minimum absolute atomic E-state index is 0.142. The maximum atomic E-state index is 13.5. The van der Waals surface area contributed by atoms with Crippen LogP contribution in [0.1, 0.15) is 43.1 Å². The Morgan fingerprint density at radius 3 is 2.04 bits per heavy atom. The summed E-state index contributed by atoms with van der Waals surface area (Å²) in [7, 11) is 0. The Bertz CT molecular complexity index is 1300. The summed E-state index contributed by atoms with van der Waals surface area (Å²) >= 11 is 0. The van der Waals surface area contributed by atoms with Gasteiger partial charge in [-0.25, -0.2) is 4.98 Å². The zero-order valence-electron chi connectivity index (χ0n) is 15.6. The van der Waals surface area contributed by atoms with E-state index in [1.165, 1.54) is 0 Å². The normalized spacial score (nSPS) is 12.8. The Morgan fingerprint density at radius 2 is 1.32 bits per heavy atom. The van der Waals surface area contributed by atoms with Crippen LogP contribution in [0.25, 0.3) is 22.0 Å². The lowest BCUT2D eigenvalue weighted by Gasteiger charge is -2.21.